The average Bonchev–Trinajstić information content (AvgIpc) is 2.75. The monoisotopic (exact) mass is 428 g/mol. The van der Waals surface area contributed by atoms with Crippen LogP contribution in [0.3, 0.4) is 0 Å². The van der Waals surface area contributed by atoms with Gasteiger partial charge in [0.25, 0.3) is 0 Å². The van der Waals surface area contributed by atoms with Crippen LogP contribution in [-0.2, 0) is 9.84 Å². The Labute approximate surface area is 182 Å². The van der Waals surface area contributed by atoms with Gasteiger partial charge >= 0.3 is 0 Å². The molecule has 164 valence electrons. The van der Waals surface area contributed by atoms with Gasteiger partial charge in [0.1, 0.15) is 5.37 Å². The van der Waals surface area contributed by atoms with Crippen LogP contribution in [0.2, 0.25) is 0 Å². The lowest BCUT2D eigenvalue weighted by atomic mass is 9.96. The second-order valence-corrected chi connectivity index (χ2v) is 11.1. The molecule has 5 heteroatoms. The molecule has 30 heavy (non-hydrogen) atoms. The molecule has 0 amide bonds. The van der Waals surface area contributed by atoms with E-state index in [-0.39, 0.29) is 0 Å². The lowest BCUT2D eigenvalue weighted by Gasteiger charge is -2.39. The number of hydrogen-bond acceptors (Lipinski definition) is 4. The van der Waals surface area contributed by atoms with Crippen molar-refractivity contribution in [1.82, 2.24) is 4.90 Å². The van der Waals surface area contributed by atoms with Gasteiger partial charge in [-0.3, -0.25) is 4.90 Å². The van der Waals surface area contributed by atoms with Crippen LogP contribution >= 0.6 is 0 Å². The minimum absolute atomic E-state index is 0.438. The Balaban J connectivity index is 1.76. The SMILES string of the molecule is CC(C)CCC(N1CCCC(CN(C)c2ccccc2)C1)S(=O)(=O)c1ccccc1. The molecule has 0 saturated carbocycles. The predicted octanol–water partition coefficient (Wildman–Crippen LogP) is 5.07. The largest absolute Gasteiger partial charge is 0.374 e. The molecule has 0 bridgehead atoms. The summed E-state index contributed by atoms with van der Waals surface area (Å²) in [7, 11) is -1.26. The van der Waals surface area contributed by atoms with E-state index in [4.69, 9.17) is 0 Å². The molecule has 0 spiro atoms. The fourth-order valence-electron chi connectivity index (χ4n) is 4.46. The third-order valence-electron chi connectivity index (χ3n) is 6.11. The molecule has 2 aromatic rings. The van der Waals surface area contributed by atoms with E-state index in [0.717, 1.165) is 38.9 Å². The fraction of sp³-hybridized carbons (Fsp3) is 0.520. The Kier molecular flexibility index (Phi) is 7.95. The number of hydrogen-bond donors (Lipinski definition) is 0. The highest BCUT2D eigenvalue weighted by Crippen LogP contribution is 2.29. The smallest absolute Gasteiger partial charge is 0.194 e. The van der Waals surface area contributed by atoms with E-state index in [1.807, 2.05) is 24.3 Å². The summed E-state index contributed by atoms with van der Waals surface area (Å²) in [5.74, 6) is 0.958. The molecule has 0 radical (unpaired) electrons. The summed E-state index contributed by atoms with van der Waals surface area (Å²) >= 11 is 0. The minimum atomic E-state index is -3.39. The third-order valence-corrected chi connectivity index (χ3v) is 8.29. The van der Waals surface area contributed by atoms with Gasteiger partial charge in [0.15, 0.2) is 9.84 Å². The quantitative estimate of drug-likeness (QED) is 0.559. The maximum Gasteiger partial charge on any atom is 0.194 e. The van der Waals surface area contributed by atoms with Gasteiger partial charge in [-0.15, -0.1) is 0 Å². The highest BCUT2D eigenvalue weighted by Gasteiger charge is 2.35. The first-order valence-corrected chi connectivity index (χ1v) is 12.7. The minimum Gasteiger partial charge on any atom is -0.374 e. The zero-order valence-corrected chi connectivity index (χ0v) is 19.4. The van der Waals surface area contributed by atoms with Crippen LogP contribution in [0.15, 0.2) is 65.6 Å². The number of likely N-dealkylation sites (tertiary alicyclic amines) is 1. The molecular weight excluding hydrogens is 392 g/mol. The summed E-state index contributed by atoms with van der Waals surface area (Å²) in [6.07, 6.45) is 3.81. The Bertz CT molecular complexity index is 869. The van der Waals surface area contributed by atoms with Gasteiger partial charge in [0.05, 0.1) is 4.90 Å². The van der Waals surface area contributed by atoms with Crippen LogP contribution in [0.5, 0.6) is 0 Å². The van der Waals surface area contributed by atoms with E-state index >= 15 is 0 Å². The summed E-state index contributed by atoms with van der Waals surface area (Å²) < 4.78 is 27.1. The van der Waals surface area contributed by atoms with Crippen molar-refractivity contribution >= 4 is 15.5 Å². The van der Waals surface area contributed by atoms with Crippen molar-refractivity contribution in [3.8, 4) is 0 Å². The number of anilines is 1. The van der Waals surface area contributed by atoms with Crippen molar-refractivity contribution in [1.29, 1.82) is 0 Å². The van der Waals surface area contributed by atoms with Gasteiger partial charge in [-0.1, -0.05) is 50.2 Å². The maximum absolute atomic E-state index is 13.5. The molecule has 0 aromatic heterocycles. The molecule has 0 N–H and O–H groups in total. The fourth-order valence-corrected chi connectivity index (χ4v) is 6.34. The number of rotatable bonds is 9. The van der Waals surface area contributed by atoms with E-state index < -0.39 is 15.2 Å². The summed E-state index contributed by atoms with van der Waals surface area (Å²) in [5.41, 5.74) is 1.21. The number of piperidine rings is 1. The van der Waals surface area contributed by atoms with Crippen LogP contribution in [0, 0.1) is 11.8 Å². The molecule has 2 aromatic carbocycles. The van der Waals surface area contributed by atoms with Crippen LogP contribution in [0.25, 0.3) is 0 Å². The molecule has 2 unspecified atom stereocenters. The first-order chi connectivity index (χ1) is 14.4. The van der Waals surface area contributed by atoms with Gasteiger partial charge in [0.2, 0.25) is 0 Å². The zero-order chi connectivity index (χ0) is 21.6. The summed E-state index contributed by atoms with van der Waals surface area (Å²) in [6, 6.07) is 19.4. The summed E-state index contributed by atoms with van der Waals surface area (Å²) in [5, 5.41) is -0.438. The Hall–Kier alpha value is -1.85. The van der Waals surface area contributed by atoms with E-state index in [2.05, 4.69) is 55.0 Å². The molecule has 3 rings (SSSR count). The summed E-state index contributed by atoms with van der Waals surface area (Å²) in [4.78, 5) is 4.99. The highest BCUT2D eigenvalue weighted by atomic mass is 32.2. The average molecular weight is 429 g/mol. The molecular formula is C25H36N2O2S. The van der Waals surface area contributed by atoms with Crippen molar-refractivity contribution in [3.05, 3.63) is 60.7 Å². The lowest BCUT2D eigenvalue weighted by Crippen LogP contribution is -2.48. The lowest BCUT2D eigenvalue weighted by molar-refractivity contribution is 0.152. The van der Waals surface area contributed by atoms with Gasteiger partial charge < -0.3 is 4.90 Å². The number of benzene rings is 2. The van der Waals surface area contributed by atoms with Crippen molar-refractivity contribution in [2.45, 2.75) is 49.8 Å². The van der Waals surface area contributed by atoms with Crippen LogP contribution in [-0.4, -0.2) is 45.4 Å². The molecule has 1 heterocycles. The standard InChI is InChI=1S/C25H36N2O2S/c1-21(2)16-17-25(30(28,29)24-14-8-5-9-15-24)27-18-10-11-22(20-27)19-26(3)23-12-6-4-7-13-23/h4-9,12-15,21-22,25H,10-11,16-20H2,1-3H3. The normalized spacial score (nSPS) is 19.0. The van der Waals surface area contributed by atoms with Crippen molar-refractivity contribution < 1.29 is 8.42 Å². The third kappa shape index (κ3) is 5.86. The van der Waals surface area contributed by atoms with Crippen molar-refractivity contribution in [2.24, 2.45) is 11.8 Å². The van der Waals surface area contributed by atoms with E-state index in [0.29, 0.717) is 23.2 Å². The highest BCUT2D eigenvalue weighted by molar-refractivity contribution is 7.92. The predicted molar refractivity (Wildman–Crippen MR) is 125 cm³/mol. The van der Waals surface area contributed by atoms with Crippen molar-refractivity contribution in [2.75, 3.05) is 31.6 Å². The van der Waals surface area contributed by atoms with Gasteiger partial charge in [-0.2, -0.15) is 0 Å². The van der Waals surface area contributed by atoms with Gasteiger partial charge in [-0.05, 0) is 68.3 Å². The zero-order valence-electron chi connectivity index (χ0n) is 18.6. The topological polar surface area (TPSA) is 40.6 Å². The Morgan fingerprint density at radius 3 is 2.27 bits per heavy atom. The van der Waals surface area contributed by atoms with E-state index in [1.54, 1.807) is 12.1 Å². The van der Waals surface area contributed by atoms with Gasteiger partial charge in [0, 0.05) is 25.8 Å². The first-order valence-electron chi connectivity index (χ1n) is 11.2. The molecule has 2 atom stereocenters. The second-order valence-electron chi connectivity index (χ2n) is 9.00. The molecule has 0 aliphatic carbocycles. The maximum atomic E-state index is 13.5. The number of sulfone groups is 1. The first kappa shape index (κ1) is 22.8. The Morgan fingerprint density at radius 2 is 1.63 bits per heavy atom. The second kappa shape index (κ2) is 10.5. The number of nitrogens with zero attached hydrogens (tertiary/aromatic N) is 2. The van der Waals surface area contributed by atoms with Crippen LogP contribution in [0.1, 0.15) is 39.5 Å². The van der Waals surface area contributed by atoms with Crippen molar-refractivity contribution in [3.63, 3.8) is 0 Å². The van der Waals surface area contributed by atoms with Gasteiger partial charge in [-0.25, -0.2) is 8.42 Å². The van der Waals surface area contributed by atoms with Crippen LogP contribution < -0.4 is 4.90 Å². The van der Waals surface area contributed by atoms with Crippen LogP contribution in [0.4, 0.5) is 5.69 Å². The molecule has 1 aliphatic rings. The Morgan fingerprint density at radius 1 is 1.00 bits per heavy atom. The number of para-hydroxylation sites is 1. The molecule has 1 saturated heterocycles. The van der Waals surface area contributed by atoms with E-state index in [1.165, 1.54) is 5.69 Å². The van der Waals surface area contributed by atoms with E-state index in [9.17, 15) is 8.42 Å². The molecule has 1 fully saturated rings. The molecule has 4 nitrogen and oxygen atoms in total. The summed E-state index contributed by atoms with van der Waals surface area (Å²) in [6.45, 7) is 6.98. The molecule has 1 aliphatic heterocycles.